The lowest BCUT2D eigenvalue weighted by Gasteiger charge is -2.17. The Kier molecular flexibility index (Phi) is 8.72. The number of halogens is 2. The van der Waals surface area contributed by atoms with Gasteiger partial charge in [-0.3, -0.25) is 0 Å². The van der Waals surface area contributed by atoms with E-state index in [1.54, 1.807) is 14.2 Å². The van der Waals surface area contributed by atoms with Gasteiger partial charge in [-0.15, -0.1) is 0 Å². The van der Waals surface area contributed by atoms with Gasteiger partial charge in [-0.1, -0.05) is 0 Å². The molecule has 0 aromatic heterocycles. The third-order valence-corrected chi connectivity index (χ3v) is 3.77. The van der Waals surface area contributed by atoms with Crippen LogP contribution in [0, 0.1) is 0 Å². The molecule has 1 aromatic carbocycles. The molecule has 0 aliphatic rings. The van der Waals surface area contributed by atoms with Gasteiger partial charge in [-0.25, -0.2) is 0 Å². The Balaban J connectivity index is 2.66. The Bertz CT molecular complexity index is 392. The largest absolute Gasteiger partial charge is 0.486 e. The molecule has 0 heterocycles. The maximum Gasteiger partial charge on any atom is 0.148 e. The van der Waals surface area contributed by atoms with Crippen LogP contribution in [-0.4, -0.2) is 40.1 Å². The molecule has 0 radical (unpaired) electrons. The molecular formula is C14H21Br2NO3. The smallest absolute Gasteiger partial charge is 0.148 e. The molecule has 0 aliphatic heterocycles. The fourth-order valence-corrected chi connectivity index (χ4v) is 3.17. The zero-order chi connectivity index (χ0) is 15.0. The van der Waals surface area contributed by atoms with Crippen LogP contribution in [0.1, 0.15) is 12.5 Å². The monoisotopic (exact) mass is 409 g/mol. The Hall–Kier alpha value is -0.140. The normalized spacial score (nSPS) is 12.4. The Morgan fingerprint density at radius 3 is 2.35 bits per heavy atom. The topological polar surface area (TPSA) is 39.7 Å². The van der Waals surface area contributed by atoms with Crippen molar-refractivity contribution in [3.63, 3.8) is 0 Å². The maximum absolute atomic E-state index is 5.86. The molecule has 6 heteroatoms. The Morgan fingerprint density at radius 2 is 1.80 bits per heavy atom. The van der Waals surface area contributed by atoms with E-state index < -0.39 is 0 Å². The van der Waals surface area contributed by atoms with Crippen molar-refractivity contribution in [3.8, 4) is 5.75 Å². The lowest BCUT2D eigenvalue weighted by Crippen LogP contribution is -2.19. The van der Waals surface area contributed by atoms with Crippen LogP contribution in [0.5, 0.6) is 5.75 Å². The van der Waals surface area contributed by atoms with Gasteiger partial charge in [-0.05, 0) is 56.5 Å². The van der Waals surface area contributed by atoms with Gasteiger partial charge in [0.15, 0.2) is 0 Å². The standard InChI is InChI=1S/C14H21Br2NO3/c1-10(9-19-3)20-14-12(15)6-11(7-13(14)16)8-17-4-5-18-2/h6-7,10,17H,4-5,8-9H2,1-3H3. The molecule has 1 atom stereocenters. The molecule has 4 nitrogen and oxygen atoms in total. The van der Waals surface area contributed by atoms with Gasteiger partial charge >= 0.3 is 0 Å². The average molecular weight is 411 g/mol. The van der Waals surface area contributed by atoms with Gasteiger partial charge in [0.05, 0.1) is 22.2 Å². The number of hydrogen-bond donors (Lipinski definition) is 1. The second-order valence-electron chi connectivity index (χ2n) is 4.44. The zero-order valence-electron chi connectivity index (χ0n) is 12.0. The zero-order valence-corrected chi connectivity index (χ0v) is 15.2. The highest BCUT2D eigenvalue weighted by Gasteiger charge is 2.12. The van der Waals surface area contributed by atoms with E-state index in [0.29, 0.717) is 13.2 Å². The lowest BCUT2D eigenvalue weighted by atomic mass is 10.2. The Labute approximate surface area is 137 Å². The second-order valence-corrected chi connectivity index (χ2v) is 6.15. The van der Waals surface area contributed by atoms with Crippen LogP contribution in [-0.2, 0) is 16.0 Å². The molecule has 0 saturated heterocycles. The number of ether oxygens (including phenoxy) is 3. The lowest BCUT2D eigenvalue weighted by molar-refractivity contribution is 0.0910. The first-order chi connectivity index (χ1) is 9.58. The number of nitrogens with one attached hydrogen (secondary N) is 1. The van der Waals surface area contributed by atoms with Crippen molar-refractivity contribution in [1.82, 2.24) is 5.32 Å². The summed E-state index contributed by atoms with van der Waals surface area (Å²) in [6.45, 7) is 4.85. The Morgan fingerprint density at radius 1 is 1.15 bits per heavy atom. The van der Waals surface area contributed by atoms with Crippen molar-refractivity contribution < 1.29 is 14.2 Å². The highest BCUT2D eigenvalue weighted by atomic mass is 79.9. The summed E-state index contributed by atoms with van der Waals surface area (Å²) in [7, 11) is 3.36. The summed E-state index contributed by atoms with van der Waals surface area (Å²) in [5.74, 6) is 0.801. The minimum Gasteiger partial charge on any atom is -0.486 e. The van der Waals surface area contributed by atoms with E-state index >= 15 is 0 Å². The predicted molar refractivity (Wildman–Crippen MR) is 87.4 cm³/mol. The number of rotatable bonds is 9. The molecule has 1 rings (SSSR count). The van der Waals surface area contributed by atoms with Crippen molar-refractivity contribution in [2.24, 2.45) is 0 Å². The van der Waals surface area contributed by atoms with Crippen molar-refractivity contribution in [2.75, 3.05) is 34.0 Å². The number of hydrogen-bond acceptors (Lipinski definition) is 4. The van der Waals surface area contributed by atoms with Crippen molar-refractivity contribution in [2.45, 2.75) is 19.6 Å². The van der Waals surface area contributed by atoms with Gasteiger partial charge in [0.1, 0.15) is 11.9 Å². The number of benzene rings is 1. The minimum absolute atomic E-state index is 0.00159. The average Bonchev–Trinajstić information content (AvgIpc) is 2.39. The number of methoxy groups -OCH3 is 2. The quantitative estimate of drug-likeness (QED) is 0.633. The van der Waals surface area contributed by atoms with E-state index in [9.17, 15) is 0 Å². The predicted octanol–water partition coefficient (Wildman–Crippen LogP) is 3.36. The SMILES string of the molecule is COCCNCc1cc(Br)c(OC(C)COC)c(Br)c1. The highest BCUT2D eigenvalue weighted by molar-refractivity contribution is 9.11. The molecule has 20 heavy (non-hydrogen) atoms. The summed E-state index contributed by atoms with van der Waals surface area (Å²) in [5, 5.41) is 3.31. The van der Waals surface area contributed by atoms with E-state index in [-0.39, 0.29) is 6.10 Å². The highest BCUT2D eigenvalue weighted by Crippen LogP contribution is 2.35. The fourth-order valence-electron chi connectivity index (χ4n) is 1.70. The summed E-state index contributed by atoms with van der Waals surface area (Å²) < 4.78 is 17.8. The molecule has 114 valence electrons. The van der Waals surface area contributed by atoms with Crippen molar-refractivity contribution in [1.29, 1.82) is 0 Å². The molecule has 0 fully saturated rings. The summed E-state index contributed by atoms with van der Waals surface area (Å²) in [6, 6.07) is 4.11. The van der Waals surface area contributed by atoms with Crippen LogP contribution < -0.4 is 10.1 Å². The molecule has 0 saturated carbocycles. The van der Waals surface area contributed by atoms with Gasteiger partial charge in [0.25, 0.3) is 0 Å². The van der Waals surface area contributed by atoms with Crippen LogP contribution in [0.25, 0.3) is 0 Å². The fraction of sp³-hybridized carbons (Fsp3) is 0.571. The molecule has 1 aromatic rings. The van der Waals surface area contributed by atoms with E-state index in [1.807, 2.05) is 6.92 Å². The maximum atomic E-state index is 5.86. The van der Waals surface area contributed by atoms with Crippen molar-refractivity contribution in [3.05, 3.63) is 26.6 Å². The molecule has 1 N–H and O–H groups in total. The first-order valence-electron chi connectivity index (χ1n) is 6.41. The van der Waals surface area contributed by atoms with E-state index in [4.69, 9.17) is 14.2 Å². The third kappa shape index (κ3) is 6.10. The van der Waals surface area contributed by atoms with Crippen LogP contribution in [0.2, 0.25) is 0 Å². The molecule has 0 amide bonds. The summed E-state index contributed by atoms with van der Waals surface area (Å²) in [6.07, 6.45) is -0.00159. The van der Waals surface area contributed by atoms with Gasteiger partial charge < -0.3 is 19.5 Å². The van der Waals surface area contributed by atoms with Crippen LogP contribution in [0.4, 0.5) is 0 Å². The molecular weight excluding hydrogens is 390 g/mol. The second kappa shape index (κ2) is 9.73. The third-order valence-electron chi connectivity index (χ3n) is 2.59. The van der Waals surface area contributed by atoms with Crippen LogP contribution in [0.3, 0.4) is 0 Å². The summed E-state index contributed by atoms with van der Waals surface area (Å²) in [4.78, 5) is 0. The van der Waals surface area contributed by atoms with Gasteiger partial charge in [0.2, 0.25) is 0 Å². The first kappa shape index (κ1) is 17.9. The first-order valence-corrected chi connectivity index (χ1v) is 8.00. The molecule has 0 spiro atoms. The van der Waals surface area contributed by atoms with E-state index in [0.717, 1.165) is 27.8 Å². The molecule has 0 bridgehead atoms. The molecule has 0 aliphatic carbocycles. The van der Waals surface area contributed by atoms with E-state index in [2.05, 4.69) is 49.3 Å². The summed E-state index contributed by atoms with van der Waals surface area (Å²) >= 11 is 7.10. The summed E-state index contributed by atoms with van der Waals surface area (Å²) in [5.41, 5.74) is 1.17. The van der Waals surface area contributed by atoms with Gasteiger partial charge in [0, 0.05) is 27.3 Å². The van der Waals surface area contributed by atoms with Crippen LogP contribution in [0.15, 0.2) is 21.1 Å². The van der Waals surface area contributed by atoms with E-state index in [1.165, 1.54) is 5.56 Å². The van der Waals surface area contributed by atoms with Gasteiger partial charge in [-0.2, -0.15) is 0 Å². The molecule has 1 unspecified atom stereocenters. The minimum atomic E-state index is -0.00159. The van der Waals surface area contributed by atoms with Crippen molar-refractivity contribution >= 4 is 31.9 Å². The van der Waals surface area contributed by atoms with Crippen LogP contribution >= 0.6 is 31.9 Å².